The second-order valence-corrected chi connectivity index (χ2v) is 5.71. The summed E-state index contributed by atoms with van der Waals surface area (Å²) in [6.07, 6.45) is 2.34. The second-order valence-electron chi connectivity index (χ2n) is 5.71. The number of ether oxygens (including phenoxy) is 1. The molecule has 0 bridgehead atoms. The molecular formula is C16H26N2O2. The highest BCUT2D eigenvalue weighted by Gasteiger charge is 2.17. The van der Waals surface area contributed by atoms with E-state index in [9.17, 15) is 4.79 Å². The average molecular weight is 278 g/mol. The van der Waals surface area contributed by atoms with Crippen molar-refractivity contribution in [2.24, 2.45) is 11.1 Å². The molecule has 4 heteroatoms. The van der Waals surface area contributed by atoms with Crippen LogP contribution >= 0.6 is 0 Å². The molecule has 3 N–H and O–H groups in total. The number of amides is 1. The molecule has 0 fully saturated rings. The van der Waals surface area contributed by atoms with Crippen molar-refractivity contribution in [2.45, 2.75) is 33.1 Å². The van der Waals surface area contributed by atoms with Gasteiger partial charge in [0.15, 0.2) is 0 Å². The fraction of sp³-hybridized carbons (Fsp3) is 0.562. The molecule has 1 amide bonds. The summed E-state index contributed by atoms with van der Waals surface area (Å²) in [4.78, 5) is 11.7. The summed E-state index contributed by atoms with van der Waals surface area (Å²) in [5, 5.41) is 2.87. The Morgan fingerprint density at radius 1 is 1.25 bits per heavy atom. The number of hydrogen-bond acceptors (Lipinski definition) is 3. The molecule has 112 valence electrons. The lowest BCUT2D eigenvalue weighted by atomic mass is 9.84. The normalized spacial score (nSPS) is 11.2. The molecule has 0 saturated heterocycles. The number of rotatable bonds is 9. The molecule has 0 saturated carbocycles. The first kappa shape index (κ1) is 16.5. The van der Waals surface area contributed by atoms with Gasteiger partial charge in [-0.1, -0.05) is 32.0 Å². The van der Waals surface area contributed by atoms with Crippen molar-refractivity contribution in [3.63, 3.8) is 0 Å². The van der Waals surface area contributed by atoms with E-state index in [1.54, 1.807) is 0 Å². The first-order valence-electron chi connectivity index (χ1n) is 7.18. The van der Waals surface area contributed by atoms with Gasteiger partial charge in [0.2, 0.25) is 5.91 Å². The molecular weight excluding hydrogens is 252 g/mol. The number of hydrogen-bond donors (Lipinski definition) is 2. The summed E-state index contributed by atoms with van der Waals surface area (Å²) in [6.45, 7) is 5.98. The van der Waals surface area contributed by atoms with Gasteiger partial charge in [0.1, 0.15) is 12.4 Å². The van der Waals surface area contributed by atoms with E-state index in [1.165, 1.54) is 0 Å². The highest BCUT2D eigenvalue weighted by molar-refractivity contribution is 5.75. The lowest BCUT2D eigenvalue weighted by Gasteiger charge is -2.23. The van der Waals surface area contributed by atoms with E-state index in [0.29, 0.717) is 26.1 Å². The van der Waals surface area contributed by atoms with Crippen LogP contribution in [0.2, 0.25) is 0 Å². The van der Waals surface area contributed by atoms with Gasteiger partial charge in [-0.25, -0.2) is 0 Å². The summed E-state index contributed by atoms with van der Waals surface area (Å²) in [5.41, 5.74) is 5.69. The largest absolute Gasteiger partial charge is 0.492 e. The molecule has 0 unspecified atom stereocenters. The number of carbonyl (C=O) groups is 1. The van der Waals surface area contributed by atoms with Gasteiger partial charge in [0.05, 0.1) is 6.54 Å². The molecule has 1 aromatic carbocycles. The van der Waals surface area contributed by atoms with Crippen molar-refractivity contribution in [3.05, 3.63) is 30.3 Å². The van der Waals surface area contributed by atoms with Gasteiger partial charge in [0, 0.05) is 6.42 Å². The molecule has 0 aliphatic rings. The Labute approximate surface area is 121 Å². The van der Waals surface area contributed by atoms with Crippen LogP contribution in [0.3, 0.4) is 0 Å². The second kappa shape index (κ2) is 8.59. The Morgan fingerprint density at radius 2 is 1.95 bits per heavy atom. The highest BCUT2D eigenvalue weighted by Crippen LogP contribution is 2.25. The number of nitrogens with two attached hydrogens (primary N) is 1. The van der Waals surface area contributed by atoms with E-state index < -0.39 is 0 Å². The van der Waals surface area contributed by atoms with Gasteiger partial charge in [-0.2, -0.15) is 0 Å². The van der Waals surface area contributed by atoms with Crippen LogP contribution in [0.1, 0.15) is 33.1 Å². The molecule has 0 heterocycles. The summed E-state index contributed by atoms with van der Waals surface area (Å²) in [5.74, 6) is 0.901. The average Bonchev–Trinajstić information content (AvgIpc) is 2.43. The summed E-state index contributed by atoms with van der Waals surface area (Å²) in [6, 6.07) is 9.59. The van der Waals surface area contributed by atoms with Crippen molar-refractivity contribution >= 4 is 5.91 Å². The third-order valence-corrected chi connectivity index (χ3v) is 3.29. The van der Waals surface area contributed by atoms with Crippen LogP contribution in [0.15, 0.2) is 30.3 Å². The third-order valence-electron chi connectivity index (χ3n) is 3.29. The first-order chi connectivity index (χ1) is 9.53. The van der Waals surface area contributed by atoms with Crippen molar-refractivity contribution in [1.82, 2.24) is 5.32 Å². The fourth-order valence-corrected chi connectivity index (χ4v) is 1.93. The zero-order chi connectivity index (χ0) is 14.8. The van der Waals surface area contributed by atoms with Gasteiger partial charge in [0.25, 0.3) is 0 Å². The first-order valence-corrected chi connectivity index (χ1v) is 7.18. The smallest absolute Gasteiger partial charge is 0.220 e. The van der Waals surface area contributed by atoms with Crippen molar-refractivity contribution < 1.29 is 9.53 Å². The van der Waals surface area contributed by atoms with Gasteiger partial charge in [-0.05, 0) is 36.9 Å². The molecule has 0 atom stereocenters. The van der Waals surface area contributed by atoms with Crippen molar-refractivity contribution in [2.75, 3.05) is 19.7 Å². The highest BCUT2D eigenvalue weighted by atomic mass is 16.5. The monoisotopic (exact) mass is 278 g/mol. The van der Waals surface area contributed by atoms with Gasteiger partial charge >= 0.3 is 0 Å². The van der Waals surface area contributed by atoms with Crippen molar-refractivity contribution in [1.29, 1.82) is 0 Å². The van der Waals surface area contributed by atoms with E-state index in [1.807, 2.05) is 30.3 Å². The minimum atomic E-state index is 0.0757. The zero-order valence-electron chi connectivity index (χ0n) is 12.5. The summed E-state index contributed by atoms with van der Waals surface area (Å²) >= 11 is 0. The molecule has 0 radical (unpaired) electrons. The summed E-state index contributed by atoms with van der Waals surface area (Å²) in [7, 11) is 0. The maximum absolute atomic E-state index is 11.7. The zero-order valence-corrected chi connectivity index (χ0v) is 12.5. The van der Waals surface area contributed by atoms with Gasteiger partial charge in [-0.15, -0.1) is 0 Å². The third kappa shape index (κ3) is 7.14. The molecule has 4 nitrogen and oxygen atoms in total. The predicted molar refractivity (Wildman–Crippen MR) is 81.6 cm³/mol. The van der Waals surface area contributed by atoms with Crippen LogP contribution in [0, 0.1) is 5.41 Å². The number of para-hydroxylation sites is 1. The minimum Gasteiger partial charge on any atom is -0.492 e. The van der Waals surface area contributed by atoms with Crippen molar-refractivity contribution in [3.8, 4) is 5.75 Å². The number of nitrogens with one attached hydrogen (secondary N) is 1. The number of carbonyl (C=O) groups excluding carboxylic acids is 1. The molecule has 20 heavy (non-hydrogen) atoms. The van der Waals surface area contributed by atoms with E-state index in [4.69, 9.17) is 10.5 Å². The molecule has 0 aliphatic carbocycles. The van der Waals surface area contributed by atoms with E-state index in [-0.39, 0.29) is 11.3 Å². The van der Waals surface area contributed by atoms with Crippen LogP contribution in [0.4, 0.5) is 0 Å². The van der Waals surface area contributed by atoms with Gasteiger partial charge < -0.3 is 15.8 Å². The lowest BCUT2D eigenvalue weighted by Crippen LogP contribution is -2.29. The maximum atomic E-state index is 11.7. The fourth-order valence-electron chi connectivity index (χ4n) is 1.93. The van der Waals surface area contributed by atoms with Gasteiger partial charge in [-0.3, -0.25) is 4.79 Å². The summed E-state index contributed by atoms with van der Waals surface area (Å²) < 4.78 is 5.51. The molecule has 1 aromatic rings. The van der Waals surface area contributed by atoms with Crippen LogP contribution in [-0.4, -0.2) is 25.6 Å². The number of benzene rings is 1. The Morgan fingerprint density at radius 3 is 2.60 bits per heavy atom. The van der Waals surface area contributed by atoms with E-state index in [2.05, 4.69) is 19.2 Å². The Balaban J connectivity index is 2.11. The minimum absolute atomic E-state index is 0.0757. The topological polar surface area (TPSA) is 64.4 Å². The molecule has 1 rings (SSSR count). The Hall–Kier alpha value is -1.55. The Kier molecular flexibility index (Phi) is 7.09. The molecule has 0 aromatic heterocycles. The van der Waals surface area contributed by atoms with E-state index >= 15 is 0 Å². The van der Waals surface area contributed by atoms with Crippen LogP contribution in [-0.2, 0) is 4.79 Å². The predicted octanol–water partition coefficient (Wildman–Crippen LogP) is 2.34. The van der Waals surface area contributed by atoms with E-state index in [0.717, 1.165) is 18.6 Å². The van der Waals surface area contributed by atoms with Crippen LogP contribution < -0.4 is 15.8 Å². The molecule has 0 spiro atoms. The standard InChI is InChI=1S/C16H26N2O2/c1-16(2,10-11-17)9-8-15(19)18-12-13-20-14-6-4-3-5-7-14/h3-7H,8-13,17H2,1-2H3,(H,18,19). The Bertz CT molecular complexity index is 391. The maximum Gasteiger partial charge on any atom is 0.220 e. The van der Waals surface area contributed by atoms with Crippen LogP contribution in [0.25, 0.3) is 0 Å². The lowest BCUT2D eigenvalue weighted by molar-refractivity contribution is -0.121. The quantitative estimate of drug-likeness (QED) is 0.681. The van der Waals surface area contributed by atoms with Crippen LogP contribution in [0.5, 0.6) is 5.75 Å². The molecule has 0 aliphatic heterocycles. The SMILES string of the molecule is CC(C)(CCN)CCC(=O)NCCOc1ccccc1.